The molecule has 96 valence electrons. The second kappa shape index (κ2) is 5.93. The molecule has 0 spiro atoms. The lowest BCUT2D eigenvalue weighted by atomic mass is 10.1. The van der Waals surface area contributed by atoms with E-state index < -0.39 is 6.10 Å². The van der Waals surface area contributed by atoms with Crippen molar-refractivity contribution in [3.63, 3.8) is 0 Å². The summed E-state index contributed by atoms with van der Waals surface area (Å²) in [6.07, 6.45) is 1.15. The lowest BCUT2D eigenvalue weighted by Gasteiger charge is -2.11. The highest BCUT2D eigenvalue weighted by Gasteiger charge is 2.18. The minimum Gasteiger partial charge on any atom is -0.497 e. The van der Waals surface area contributed by atoms with Gasteiger partial charge in [-0.05, 0) is 35.6 Å². The zero-order valence-electron chi connectivity index (χ0n) is 10.5. The van der Waals surface area contributed by atoms with Crippen molar-refractivity contribution in [2.75, 3.05) is 7.11 Å². The number of aromatic nitrogens is 2. The molecular formula is C13H16N2O2S. The van der Waals surface area contributed by atoms with Crippen LogP contribution in [-0.4, -0.2) is 21.8 Å². The van der Waals surface area contributed by atoms with Gasteiger partial charge in [-0.15, -0.1) is 5.10 Å². The third-order valence-electron chi connectivity index (χ3n) is 2.73. The third kappa shape index (κ3) is 2.68. The zero-order chi connectivity index (χ0) is 13.0. The van der Waals surface area contributed by atoms with Crippen LogP contribution in [0.5, 0.6) is 5.75 Å². The Balaban J connectivity index is 2.29. The van der Waals surface area contributed by atoms with Crippen LogP contribution in [0.1, 0.15) is 35.6 Å². The summed E-state index contributed by atoms with van der Waals surface area (Å²) in [5.74, 6) is 0.737. The molecule has 2 rings (SSSR count). The number of aliphatic hydroxyl groups excluding tert-OH is 1. The minimum atomic E-state index is -0.679. The van der Waals surface area contributed by atoms with E-state index in [-0.39, 0.29) is 0 Å². The average molecular weight is 264 g/mol. The molecule has 0 fully saturated rings. The predicted molar refractivity (Wildman–Crippen MR) is 71.0 cm³/mol. The maximum absolute atomic E-state index is 10.4. The average Bonchev–Trinajstić information content (AvgIpc) is 2.86. The smallest absolute Gasteiger partial charge is 0.119 e. The molecule has 0 bridgehead atoms. The molecule has 1 N–H and O–H groups in total. The zero-order valence-corrected chi connectivity index (χ0v) is 11.3. The lowest BCUT2D eigenvalue weighted by Crippen LogP contribution is -2.01. The van der Waals surface area contributed by atoms with E-state index in [1.54, 1.807) is 7.11 Å². The molecule has 1 heterocycles. The van der Waals surface area contributed by atoms with Gasteiger partial charge in [-0.1, -0.05) is 30.0 Å². The van der Waals surface area contributed by atoms with Crippen molar-refractivity contribution in [2.24, 2.45) is 0 Å². The highest BCUT2D eigenvalue weighted by atomic mass is 32.1. The normalized spacial score (nSPS) is 12.4. The molecule has 0 saturated carbocycles. The maximum atomic E-state index is 10.4. The number of ether oxygens (including phenoxy) is 1. The summed E-state index contributed by atoms with van der Waals surface area (Å²) in [4.78, 5) is 0.824. The van der Waals surface area contributed by atoms with Gasteiger partial charge >= 0.3 is 0 Å². The van der Waals surface area contributed by atoms with Crippen LogP contribution in [-0.2, 0) is 6.42 Å². The Bertz CT molecular complexity index is 513. The van der Waals surface area contributed by atoms with Gasteiger partial charge in [0.15, 0.2) is 0 Å². The van der Waals surface area contributed by atoms with Gasteiger partial charge in [0.2, 0.25) is 0 Å². The standard InChI is InChI=1S/C13H16N2O2S/c1-3-5-11-13(18-15-14-11)12(16)9-6-4-7-10(8-9)17-2/h4,6-8,12,16H,3,5H2,1-2H3. The molecule has 2 aromatic rings. The number of benzene rings is 1. The van der Waals surface area contributed by atoms with Crippen LogP contribution in [0.15, 0.2) is 24.3 Å². The van der Waals surface area contributed by atoms with E-state index in [1.165, 1.54) is 11.5 Å². The van der Waals surface area contributed by atoms with Gasteiger partial charge in [-0.25, -0.2) is 0 Å². The van der Waals surface area contributed by atoms with Crippen molar-refractivity contribution in [3.05, 3.63) is 40.4 Å². The van der Waals surface area contributed by atoms with Gasteiger partial charge in [0, 0.05) is 0 Å². The first-order valence-electron chi connectivity index (χ1n) is 5.89. The summed E-state index contributed by atoms with van der Waals surface area (Å²) >= 11 is 1.25. The lowest BCUT2D eigenvalue weighted by molar-refractivity contribution is 0.222. The van der Waals surface area contributed by atoms with Crippen LogP contribution >= 0.6 is 11.5 Å². The van der Waals surface area contributed by atoms with Crippen LogP contribution in [0.3, 0.4) is 0 Å². The second-order valence-electron chi connectivity index (χ2n) is 4.01. The molecule has 1 unspecified atom stereocenters. The summed E-state index contributed by atoms with van der Waals surface area (Å²) in [5, 5.41) is 14.5. The topological polar surface area (TPSA) is 55.2 Å². The Kier molecular flexibility index (Phi) is 4.28. The SMILES string of the molecule is CCCc1nnsc1C(O)c1cccc(OC)c1. The molecule has 0 radical (unpaired) electrons. The number of aryl methyl sites for hydroxylation is 1. The number of hydrogen-bond acceptors (Lipinski definition) is 5. The summed E-state index contributed by atoms with van der Waals surface area (Å²) in [7, 11) is 1.61. The quantitative estimate of drug-likeness (QED) is 0.901. The number of aliphatic hydroxyl groups is 1. The van der Waals surface area contributed by atoms with Crippen molar-refractivity contribution in [3.8, 4) is 5.75 Å². The Morgan fingerprint density at radius 1 is 1.44 bits per heavy atom. The van der Waals surface area contributed by atoms with Crippen LogP contribution < -0.4 is 4.74 Å². The van der Waals surface area contributed by atoms with E-state index in [4.69, 9.17) is 4.74 Å². The van der Waals surface area contributed by atoms with E-state index in [0.29, 0.717) is 0 Å². The maximum Gasteiger partial charge on any atom is 0.119 e. The Hall–Kier alpha value is -1.46. The fourth-order valence-electron chi connectivity index (χ4n) is 1.80. The monoisotopic (exact) mass is 264 g/mol. The van der Waals surface area contributed by atoms with Gasteiger partial charge in [0.1, 0.15) is 11.9 Å². The fraction of sp³-hybridized carbons (Fsp3) is 0.385. The minimum absolute atomic E-state index is 0.679. The molecule has 5 heteroatoms. The number of methoxy groups -OCH3 is 1. The number of nitrogens with zero attached hydrogens (tertiary/aromatic N) is 2. The summed E-state index contributed by atoms with van der Waals surface area (Å²) in [6.45, 7) is 2.08. The molecule has 18 heavy (non-hydrogen) atoms. The summed E-state index contributed by atoms with van der Waals surface area (Å²) in [5.41, 5.74) is 1.69. The Morgan fingerprint density at radius 2 is 2.28 bits per heavy atom. The van der Waals surface area contributed by atoms with Crippen molar-refractivity contribution >= 4 is 11.5 Å². The molecular weight excluding hydrogens is 248 g/mol. The van der Waals surface area contributed by atoms with Crippen molar-refractivity contribution in [1.29, 1.82) is 0 Å². The molecule has 1 atom stereocenters. The molecule has 0 aliphatic rings. The fourth-order valence-corrected chi connectivity index (χ4v) is 2.51. The van der Waals surface area contributed by atoms with E-state index in [0.717, 1.165) is 34.7 Å². The third-order valence-corrected chi connectivity index (χ3v) is 3.55. The highest BCUT2D eigenvalue weighted by molar-refractivity contribution is 7.05. The second-order valence-corrected chi connectivity index (χ2v) is 4.80. The molecule has 1 aromatic carbocycles. The van der Waals surface area contributed by atoms with Gasteiger partial charge in [-0.2, -0.15) is 0 Å². The first kappa shape index (κ1) is 13.0. The van der Waals surface area contributed by atoms with Crippen molar-refractivity contribution in [1.82, 2.24) is 9.59 Å². The molecule has 0 aliphatic carbocycles. The number of hydrogen-bond donors (Lipinski definition) is 1. The van der Waals surface area contributed by atoms with E-state index in [2.05, 4.69) is 16.5 Å². The van der Waals surface area contributed by atoms with Gasteiger partial charge < -0.3 is 9.84 Å². The van der Waals surface area contributed by atoms with Gasteiger partial charge in [0.25, 0.3) is 0 Å². The van der Waals surface area contributed by atoms with Gasteiger partial charge in [-0.3, -0.25) is 0 Å². The van der Waals surface area contributed by atoms with Crippen LogP contribution in [0.25, 0.3) is 0 Å². The van der Waals surface area contributed by atoms with Crippen molar-refractivity contribution < 1.29 is 9.84 Å². The van der Waals surface area contributed by atoms with Gasteiger partial charge in [0.05, 0.1) is 17.7 Å². The number of rotatable bonds is 5. The van der Waals surface area contributed by atoms with Crippen LogP contribution in [0.4, 0.5) is 0 Å². The van der Waals surface area contributed by atoms with Crippen molar-refractivity contribution in [2.45, 2.75) is 25.9 Å². The van der Waals surface area contributed by atoms with Crippen LogP contribution in [0, 0.1) is 0 Å². The van der Waals surface area contributed by atoms with Crippen LogP contribution in [0.2, 0.25) is 0 Å². The molecule has 1 aromatic heterocycles. The molecule has 0 amide bonds. The largest absolute Gasteiger partial charge is 0.497 e. The predicted octanol–water partition coefficient (Wildman–Crippen LogP) is 2.58. The molecule has 0 saturated heterocycles. The summed E-state index contributed by atoms with van der Waals surface area (Å²) in [6, 6.07) is 7.43. The van der Waals surface area contributed by atoms with E-state index in [1.807, 2.05) is 24.3 Å². The molecule has 0 aliphatic heterocycles. The first-order chi connectivity index (χ1) is 8.76. The Morgan fingerprint density at radius 3 is 3.00 bits per heavy atom. The summed E-state index contributed by atoms with van der Waals surface area (Å²) < 4.78 is 9.09. The highest BCUT2D eigenvalue weighted by Crippen LogP contribution is 2.29. The Labute approximate surface area is 110 Å². The van der Waals surface area contributed by atoms with E-state index >= 15 is 0 Å². The first-order valence-corrected chi connectivity index (χ1v) is 6.66. The molecule has 4 nitrogen and oxygen atoms in total. The van der Waals surface area contributed by atoms with E-state index in [9.17, 15) is 5.11 Å².